The first-order valence-corrected chi connectivity index (χ1v) is 9.39. The number of ether oxygens (including phenoxy) is 1. The van der Waals surface area contributed by atoms with Gasteiger partial charge in [0.2, 0.25) is 5.91 Å². The molecular formula is C18H28F3NO4. The fourth-order valence-electron chi connectivity index (χ4n) is 4.19. The Morgan fingerprint density at radius 3 is 1.73 bits per heavy atom. The molecule has 1 amide bonds. The molecule has 1 atom stereocenters. The summed E-state index contributed by atoms with van der Waals surface area (Å²) in [6.07, 6.45) is 2.25. The van der Waals surface area contributed by atoms with Crippen LogP contribution in [0.5, 0.6) is 0 Å². The number of alkyl halides is 3. The molecule has 0 aliphatic heterocycles. The molecule has 8 heteroatoms. The van der Waals surface area contributed by atoms with Crippen LogP contribution in [0.2, 0.25) is 0 Å². The molecule has 0 saturated heterocycles. The first kappa shape index (κ1) is 21.0. The van der Waals surface area contributed by atoms with Crippen LogP contribution in [-0.4, -0.2) is 52.9 Å². The molecule has 0 spiro atoms. The summed E-state index contributed by atoms with van der Waals surface area (Å²) in [4.78, 5) is 26.1. The predicted octanol–water partition coefficient (Wildman–Crippen LogP) is 3.34. The number of hydrogen-bond donors (Lipinski definition) is 1. The van der Waals surface area contributed by atoms with Gasteiger partial charge in [0, 0.05) is 12.1 Å². The zero-order valence-electron chi connectivity index (χ0n) is 15.2. The van der Waals surface area contributed by atoms with Crippen LogP contribution in [0.25, 0.3) is 0 Å². The maximum absolute atomic E-state index is 13.3. The normalized spacial score (nSPS) is 22.5. The van der Waals surface area contributed by atoms with Gasteiger partial charge in [0.1, 0.15) is 0 Å². The van der Waals surface area contributed by atoms with Crippen molar-refractivity contribution in [3.8, 4) is 0 Å². The van der Waals surface area contributed by atoms with Gasteiger partial charge >= 0.3 is 12.1 Å². The highest BCUT2D eigenvalue weighted by atomic mass is 19.4. The van der Waals surface area contributed by atoms with E-state index in [2.05, 4.69) is 4.74 Å². The zero-order valence-corrected chi connectivity index (χ0v) is 15.2. The molecule has 2 saturated carbocycles. The van der Waals surface area contributed by atoms with E-state index in [1.165, 1.54) is 0 Å². The Labute approximate surface area is 151 Å². The quantitative estimate of drug-likeness (QED) is 0.744. The summed E-state index contributed by atoms with van der Waals surface area (Å²) in [6.45, 7) is 0. The monoisotopic (exact) mass is 379 g/mol. The molecule has 0 bridgehead atoms. The zero-order chi connectivity index (χ0) is 19.4. The second kappa shape index (κ2) is 8.59. The molecular weight excluding hydrogens is 351 g/mol. The van der Waals surface area contributed by atoms with Crippen LogP contribution < -0.4 is 0 Å². The molecule has 0 aromatic heterocycles. The van der Waals surface area contributed by atoms with Gasteiger partial charge < -0.3 is 14.7 Å². The first-order valence-electron chi connectivity index (χ1n) is 9.39. The summed E-state index contributed by atoms with van der Waals surface area (Å²) >= 11 is 0. The van der Waals surface area contributed by atoms with Crippen molar-refractivity contribution < 1.29 is 32.6 Å². The van der Waals surface area contributed by atoms with E-state index in [9.17, 15) is 27.9 Å². The van der Waals surface area contributed by atoms with Gasteiger partial charge in [0.15, 0.2) is 0 Å². The van der Waals surface area contributed by atoms with E-state index in [4.69, 9.17) is 0 Å². The first-order chi connectivity index (χ1) is 12.2. The third-order valence-corrected chi connectivity index (χ3v) is 5.62. The molecule has 2 aliphatic rings. The minimum Gasteiger partial charge on any atom is -0.467 e. The maximum Gasteiger partial charge on any atom is 0.428 e. The fourth-order valence-corrected chi connectivity index (χ4v) is 4.19. The lowest BCUT2D eigenvalue weighted by Gasteiger charge is -2.43. The van der Waals surface area contributed by atoms with Gasteiger partial charge in [-0.25, -0.2) is 4.79 Å². The number of carbonyl (C=O) groups is 2. The van der Waals surface area contributed by atoms with E-state index in [-0.39, 0.29) is 12.1 Å². The van der Waals surface area contributed by atoms with Crippen molar-refractivity contribution in [1.29, 1.82) is 0 Å². The number of carbonyl (C=O) groups excluding carboxylic acids is 2. The standard InChI is InChI=1S/C18H28F3NO4/c1-26-16(24)17(25,18(19,20)21)12-15(23)22(13-8-4-2-5-9-13)14-10-6-3-7-11-14/h13-14,25H,2-12H2,1H3/t17-/m0/s1. The number of amides is 1. The summed E-state index contributed by atoms with van der Waals surface area (Å²) < 4.78 is 44.1. The molecule has 5 nitrogen and oxygen atoms in total. The molecule has 0 heterocycles. The van der Waals surface area contributed by atoms with E-state index < -0.39 is 30.1 Å². The Morgan fingerprint density at radius 1 is 0.962 bits per heavy atom. The predicted molar refractivity (Wildman–Crippen MR) is 88.2 cm³/mol. The molecule has 1 N–H and O–H groups in total. The summed E-state index contributed by atoms with van der Waals surface area (Å²) in [6, 6.07) is -0.232. The third-order valence-electron chi connectivity index (χ3n) is 5.62. The SMILES string of the molecule is COC(=O)[C@@](O)(CC(=O)N(C1CCCCC1)C1CCCCC1)C(F)(F)F. The van der Waals surface area contributed by atoms with Crippen molar-refractivity contribution in [3.63, 3.8) is 0 Å². The second-order valence-corrected chi connectivity index (χ2v) is 7.41. The van der Waals surface area contributed by atoms with Crippen LogP contribution in [0.3, 0.4) is 0 Å². The number of halogens is 3. The molecule has 2 fully saturated rings. The van der Waals surface area contributed by atoms with Crippen molar-refractivity contribution >= 4 is 11.9 Å². The lowest BCUT2D eigenvalue weighted by molar-refractivity contribution is -0.263. The number of aliphatic hydroxyl groups is 1. The Bertz CT molecular complexity index is 481. The number of methoxy groups -OCH3 is 1. The molecule has 0 radical (unpaired) electrons. The largest absolute Gasteiger partial charge is 0.467 e. The Kier molecular flexibility index (Phi) is 6.93. The lowest BCUT2D eigenvalue weighted by Crippen LogP contribution is -2.58. The molecule has 0 aromatic carbocycles. The lowest BCUT2D eigenvalue weighted by atomic mass is 9.87. The highest BCUT2D eigenvalue weighted by Gasteiger charge is 2.62. The molecule has 26 heavy (non-hydrogen) atoms. The number of nitrogens with zero attached hydrogens (tertiary/aromatic N) is 1. The maximum atomic E-state index is 13.3. The van der Waals surface area contributed by atoms with Crippen LogP contribution >= 0.6 is 0 Å². The second-order valence-electron chi connectivity index (χ2n) is 7.41. The Balaban J connectivity index is 2.24. The van der Waals surface area contributed by atoms with Gasteiger partial charge in [0.05, 0.1) is 13.5 Å². The molecule has 0 aromatic rings. The van der Waals surface area contributed by atoms with Crippen molar-refractivity contribution in [2.75, 3.05) is 7.11 Å². The van der Waals surface area contributed by atoms with Crippen molar-refractivity contribution in [3.05, 3.63) is 0 Å². The van der Waals surface area contributed by atoms with Gasteiger partial charge in [-0.05, 0) is 25.7 Å². The highest BCUT2D eigenvalue weighted by molar-refractivity contribution is 5.88. The fraction of sp³-hybridized carbons (Fsp3) is 0.889. The van der Waals surface area contributed by atoms with Gasteiger partial charge in [-0.15, -0.1) is 0 Å². The molecule has 2 rings (SSSR count). The van der Waals surface area contributed by atoms with Crippen LogP contribution in [0.15, 0.2) is 0 Å². The average molecular weight is 379 g/mol. The third kappa shape index (κ3) is 4.50. The van der Waals surface area contributed by atoms with E-state index >= 15 is 0 Å². The molecule has 2 aliphatic carbocycles. The number of rotatable bonds is 5. The van der Waals surface area contributed by atoms with Crippen molar-refractivity contribution in [2.24, 2.45) is 0 Å². The van der Waals surface area contributed by atoms with E-state index in [1.807, 2.05) is 0 Å². The van der Waals surface area contributed by atoms with E-state index in [1.54, 1.807) is 4.90 Å². The smallest absolute Gasteiger partial charge is 0.428 e. The number of hydrogen-bond acceptors (Lipinski definition) is 4. The Morgan fingerprint density at radius 2 is 1.38 bits per heavy atom. The molecule has 0 unspecified atom stereocenters. The van der Waals surface area contributed by atoms with Crippen molar-refractivity contribution in [1.82, 2.24) is 4.90 Å². The average Bonchev–Trinajstić information content (AvgIpc) is 2.62. The van der Waals surface area contributed by atoms with E-state index in [0.717, 1.165) is 71.3 Å². The van der Waals surface area contributed by atoms with Crippen LogP contribution in [0.1, 0.15) is 70.6 Å². The van der Waals surface area contributed by atoms with E-state index in [0.29, 0.717) is 0 Å². The number of esters is 1. The van der Waals surface area contributed by atoms with Crippen LogP contribution in [-0.2, 0) is 14.3 Å². The molecule has 150 valence electrons. The van der Waals surface area contributed by atoms with Gasteiger partial charge in [-0.1, -0.05) is 38.5 Å². The summed E-state index contributed by atoms with van der Waals surface area (Å²) in [5.41, 5.74) is -3.81. The minimum absolute atomic E-state index is 0.116. The minimum atomic E-state index is -5.28. The van der Waals surface area contributed by atoms with Gasteiger partial charge in [-0.2, -0.15) is 13.2 Å². The topological polar surface area (TPSA) is 66.8 Å². The van der Waals surface area contributed by atoms with Crippen LogP contribution in [0, 0.1) is 0 Å². The van der Waals surface area contributed by atoms with Gasteiger partial charge in [0.25, 0.3) is 5.60 Å². The summed E-state index contributed by atoms with van der Waals surface area (Å²) in [5, 5.41) is 9.99. The van der Waals surface area contributed by atoms with Crippen molar-refractivity contribution in [2.45, 2.75) is 94.5 Å². The summed E-state index contributed by atoms with van der Waals surface area (Å²) in [7, 11) is 0.767. The highest BCUT2D eigenvalue weighted by Crippen LogP contribution is 2.37. The van der Waals surface area contributed by atoms with Crippen LogP contribution in [0.4, 0.5) is 13.2 Å². The van der Waals surface area contributed by atoms with Gasteiger partial charge in [-0.3, -0.25) is 4.79 Å². The summed E-state index contributed by atoms with van der Waals surface area (Å²) in [5.74, 6) is -2.65. The Hall–Kier alpha value is -1.31.